The molecule has 0 saturated heterocycles. The maximum atomic E-state index is 14.3. The van der Waals surface area contributed by atoms with Crippen LogP contribution in [0.3, 0.4) is 0 Å². The molecule has 4 rings (SSSR count). The minimum Gasteiger partial charge on any atom is -0.374 e. The van der Waals surface area contributed by atoms with Gasteiger partial charge in [0.25, 0.3) is 11.5 Å². The molecule has 3 aromatic rings. The zero-order valence-electron chi connectivity index (χ0n) is 18.0. The van der Waals surface area contributed by atoms with Crippen molar-refractivity contribution in [2.24, 2.45) is 5.16 Å². The second kappa shape index (κ2) is 8.85. The Hall–Kier alpha value is -3.42. The van der Waals surface area contributed by atoms with Crippen LogP contribution in [0.1, 0.15) is 33.6 Å². The predicted molar refractivity (Wildman–Crippen MR) is 112 cm³/mol. The SMILES string of the molecule is O=C(NCC(F)(F)F)c1ccc(C2=NOC(c3cc(Cl)cc(C(F)(F)F)c3)(C(F)(F)F)C2)c2cccn12. The van der Waals surface area contributed by atoms with Gasteiger partial charge in [0.2, 0.25) is 0 Å². The third-order valence-corrected chi connectivity index (χ3v) is 5.78. The number of benzene rings is 1. The number of nitrogens with zero attached hydrogens (tertiary/aromatic N) is 2. The first-order chi connectivity index (χ1) is 17.0. The molecule has 5 nitrogen and oxygen atoms in total. The summed E-state index contributed by atoms with van der Waals surface area (Å²) in [5.41, 5.74) is -6.11. The van der Waals surface area contributed by atoms with E-state index in [0.29, 0.717) is 12.1 Å². The van der Waals surface area contributed by atoms with Gasteiger partial charge < -0.3 is 14.6 Å². The minimum absolute atomic E-state index is 0.0153. The largest absolute Gasteiger partial charge is 0.435 e. The molecule has 2 aromatic heterocycles. The molecular weight excluding hydrogens is 545 g/mol. The van der Waals surface area contributed by atoms with E-state index in [4.69, 9.17) is 16.4 Å². The van der Waals surface area contributed by atoms with Crippen molar-refractivity contribution in [1.82, 2.24) is 9.72 Å². The van der Waals surface area contributed by atoms with Crippen LogP contribution in [0.15, 0.2) is 53.8 Å². The van der Waals surface area contributed by atoms with Gasteiger partial charge in [-0.25, -0.2) is 0 Å². The van der Waals surface area contributed by atoms with Gasteiger partial charge in [-0.1, -0.05) is 16.8 Å². The van der Waals surface area contributed by atoms with Crippen LogP contribution in [0.25, 0.3) is 5.52 Å². The van der Waals surface area contributed by atoms with Gasteiger partial charge >= 0.3 is 18.5 Å². The minimum atomic E-state index is -5.23. The first kappa shape index (κ1) is 26.6. The number of carbonyl (C=O) groups excluding carboxylic acids is 1. The second-order valence-electron chi connectivity index (χ2n) is 8.05. The first-order valence-corrected chi connectivity index (χ1v) is 10.5. The van der Waals surface area contributed by atoms with Crippen LogP contribution < -0.4 is 5.32 Å². The number of pyridine rings is 1. The molecule has 1 atom stereocenters. The van der Waals surface area contributed by atoms with Crippen LogP contribution in [-0.2, 0) is 16.6 Å². The number of alkyl halides is 9. The molecule has 0 spiro atoms. The lowest BCUT2D eigenvalue weighted by atomic mass is 9.85. The van der Waals surface area contributed by atoms with Gasteiger partial charge in [0.05, 0.1) is 23.2 Å². The zero-order valence-corrected chi connectivity index (χ0v) is 18.8. The van der Waals surface area contributed by atoms with Crippen LogP contribution >= 0.6 is 11.6 Å². The molecule has 0 bridgehead atoms. The van der Waals surface area contributed by atoms with Crippen molar-refractivity contribution >= 4 is 28.7 Å². The van der Waals surface area contributed by atoms with E-state index in [1.54, 1.807) is 5.32 Å². The van der Waals surface area contributed by atoms with Crippen molar-refractivity contribution < 1.29 is 49.1 Å². The molecule has 37 heavy (non-hydrogen) atoms. The van der Waals surface area contributed by atoms with E-state index in [1.165, 1.54) is 18.3 Å². The lowest BCUT2D eigenvalue weighted by molar-refractivity contribution is -0.276. The molecule has 0 aliphatic carbocycles. The van der Waals surface area contributed by atoms with Crippen LogP contribution in [0.4, 0.5) is 39.5 Å². The monoisotopic (exact) mass is 557 g/mol. The highest BCUT2D eigenvalue weighted by molar-refractivity contribution is 6.30. The van der Waals surface area contributed by atoms with Crippen molar-refractivity contribution in [3.05, 3.63) is 76.1 Å². The Bertz CT molecular complexity index is 1390. The summed E-state index contributed by atoms with van der Waals surface area (Å²) in [5.74, 6) is -1.10. The lowest BCUT2D eigenvalue weighted by Gasteiger charge is -2.30. The first-order valence-electron chi connectivity index (χ1n) is 10.2. The van der Waals surface area contributed by atoms with E-state index in [2.05, 4.69) is 5.16 Å². The summed E-state index contributed by atoms with van der Waals surface area (Å²) in [7, 11) is 0. The standard InChI is InChI=1S/C22H13ClF9N3O2/c23-13-7-11(6-12(8-13)21(27,28)29)19(22(30,31)32)9-15(34-37-19)14-3-4-17(35-5-1-2-16(14)35)18(36)33-10-20(24,25)26/h1-8H,9-10H2,(H,33,36). The molecular formula is C22H13ClF9N3O2. The molecule has 198 valence electrons. The molecule has 1 N–H and O–H groups in total. The third-order valence-electron chi connectivity index (χ3n) is 5.56. The van der Waals surface area contributed by atoms with Crippen molar-refractivity contribution in [2.75, 3.05) is 6.54 Å². The highest BCUT2D eigenvalue weighted by atomic mass is 35.5. The van der Waals surface area contributed by atoms with E-state index in [-0.39, 0.29) is 28.6 Å². The van der Waals surface area contributed by atoms with Crippen LogP contribution in [0.2, 0.25) is 5.02 Å². The normalized spacial score (nSPS) is 18.6. The maximum absolute atomic E-state index is 14.3. The molecule has 1 aliphatic rings. The number of aromatic nitrogens is 1. The Balaban J connectivity index is 1.73. The molecule has 0 saturated carbocycles. The Morgan fingerprint density at radius 1 is 1.05 bits per heavy atom. The lowest BCUT2D eigenvalue weighted by Crippen LogP contribution is -2.43. The topological polar surface area (TPSA) is 55.1 Å². The molecule has 1 aliphatic heterocycles. The Labute approximate surface area is 206 Å². The number of nitrogens with one attached hydrogen (secondary N) is 1. The highest BCUT2D eigenvalue weighted by Gasteiger charge is 2.62. The molecule has 15 heteroatoms. The molecule has 1 unspecified atom stereocenters. The van der Waals surface area contributed by atoms with E-state index >= 15 is 0 Å². The van der Waals surface area contributed by atoms with Crippen LogP contribution in [0.5, 0.6) is 0 Å². The molecule has 1 aromatic carbocycles. The van der Waals surface area contributed by atoms with Gasteiger partial charge in [-0.05, 0) is 42.5 Å². The number of carbonyl (C=O) groups is 1. The van der Waals surface area contributed by atoms with Crippen LogP contribution in [-0.4, -0.2) is 34.9 Å². The van der Waals surface area contributed by atoms with E-state index in [9.17, 15) is 44.3 Å². The summed E-state index contributed by atoms with van der Waals surface area (Å²) in [4.78, 5) is 17.0. The smallest absolute Gasteiger partial charge is 0.374 e. The average Bonchev–Trinajstić information content (AvgIpc) is 3.43. The van der Waals surface area contributed by atoms with Gasteiger partial charge in [0.1, 0.15) is 12.2 Å². The fourth-order valence-corrected chi connectivity index (χ4v) is 4.11. The Kier molecular flexibility index (Phi) is 6.37. The number of hydrogen-bond acceptors (Lipinski definition) is 3. The third kappa shape index (κ3) is 5.06. The summed E-state index contributed by atoms with van der Waals surface area (Å²) in [6, 6.07) is 6.43. The van der Waals surface area contributed by atoms with Crippen molar-refractivity contribution in [1.29, 1.82) is 0 Å². The molecule has 0 radical (unpaired) electrons. The Morgan fingerprint density at radius 2 is 1.76 bits per heavy atom. The summed E-state index contributed by atoms with van der Waals surface area (Å²) >= 11 is 5.69. The highest BCUT2D eigenvalue weighted by Crippen LogP contribution is 2.50. The Morgan fingerprint density at radius 3 is 2.38 bits per heavy atom. The summed E-state index contributed by atoms with van der Waals surface area (Å²) < 4.78 is 121. The quantitative estimate of drug-likeness (QED) is 0.373. The van der Waals surface area contributed by atoms with Crippen molar-refractivity contribution in [3.63, 3.8) is 0 Å². The number of amides is 1. The van der Waals surface area contributed by atoms with Gasteiger partial charge in [-0.2, -0.15) is 39.5 Å². The zero-order chi connectivity index (χ0) is 27.4. The van der Waals surface area contributed by atoms with Crippen LogP contribution in [0, 0.1) is 0 Å². The molecule has 3 heterocycles. The summed E-state index contributed by atoms with van der Waals surface area (Å²) in [6.07, 6.45) is -14.7. The predicted octanol–water partition coefficient (Wildman–Crippen LogP) is 6.49. The van der Waals surface area contributed by atoms with E-state index in [0.717, 1.165) is 16.5 Å². The fourth-order valence-electron chi connectivity index (χ4n) is 3.87. The van der Waals surface area contributed by atoms with Gasteiger partial charge in [-0.15, -0.1) is 0 Å². The van der Waals surface area contributed by atoms with Gasteiger partial charge in [-0.3, -0.25) is 4.79 Å². The fraction of sp³-hybridized carbons (Fsp3) is 0.273. The summed E-state index contributed by atoms with van der Waals surface area (Å²) in [5, 5.41) is 4.60. The number of halogens is 10. The number of fused-ring (bicyclic) bond motifs is 1. The van der Waals surface area contributed by atoms with Gasteiger partial charge in [0.15, 0.2) is 0 Å². The average molecular weight is 558 g/mol. The van der Waals surface area contributed by atoms with Crippen molar-refractivity contribution in [3.8, 4) is 0 Å². The number of rotatable bonds is 4. The second-order valence-corrected chi connectivity index (χ2v) is 8.49. The van der Waals surface area contributed by atoms with E-state index < -0.39 is 59.2 Å². The van der Waals surface area contributed by atoms with Crippen molar-refractivity contribution in [2.45, 2.75) is 30.6 Å². The maximum Gasteiger partial charge on any atom is 0.435 e. The molecule has 1 amide bonds. The number of oxime groups is 1. The summed E-state index contributed by atoms with van der Waals surface area (Å²) in [6.45, 7) is -1.61. The van der Waals surface area contributed by atoms with E-state index in [1.807, 2.05) is 0 Å². The van der Waals surface area contributed by atoms with Gasteiger partial charge in [0, 0.05) is 22.3 Å². The molecule has 0 fully saturated rings. The number of hydrogen-bond donors (Lipinski definition) is 1.